The molecule has 0 aliphatic carbocycles. The topological polar surface area (TPSA) is 85.2 Å². The number of rotatable bonds is 3. The quantitative estimate of drug-likeness (QED) is 0.869. The van der Waals surface area contributed by atoms with Crippen molar-refractivity contribution < 1.29 is 9.63 Å². The molecule has 5 heteroatoms. The van der Waals surface area contributed by atoms with Crippen molar-refractivity contribution in [1.29, 1.82) is 0 Å². The fourth-order valence-corrected chi connectivity index (χ4v) is 1.87. The van der Waals surface area contributed by atoms with Gasteiger partial charge < -0.3 is 15.4 Å². The number of nitrogens with zero attached hydrogens (tertiary/aromatic N) is 2. The minimum absolute atomic E-state index is 0.191. The first-order chi connectivity index (χ1) is 8.54. The third kappa shape index (κ3) is 2.09. The molecule has 5 nitrogen and oxygen atoms in total. The van der Waals surface area contributed by atoms with Crippen LogP contribution in [0, 0.1) is 6.92 Å². The largest absolute Gasteiger partial charge is 0.507 e. The highest BCUT2D eigenvalue weighted by molar-refractivity contribution is 5.70. The Morgan fingerprint density at radius 2 is 2.11 bits per heavy atom. The summed E-state index contributed by atoms with van der Waals surface area (Å²) >= 11 is 0. The monoisotopic (exact) mass is 247 g/mol. The van der Waals surface area contributed by atoms with E-state index in [0.29, 0.717) is 17.3 Å². The van der Waals surface area contributed by atoms with Crippen molar-refractivity contribution in [2.24, 2.45) is 5.73 Å². The molecule has 0 atom stereocenters. The molecule has 18 heavy (non-hydrogen) atoms. The van der Waals surface area contributed by atoms with Crippen LogP contribution in [-0.2, 0) is 6.54 Å². The minimum Gasteiger partial charge on any atom is -0.507 e. The Morgan fingerprint density at radius 1 is 1.39 bits per heavy atom. The highest BCUT2D eigenvalue weighted by atomic mass is 16.5. The first-order valence-corrected chi connectivity index (χ1v) is 5.90. The second kappa shape index (κ2) is 4.78. The standard InChI is InChI=1S/C13H17N3O2/c1-7(2)9-5-4-8(3)12(17)11(9)13-15-10(6-14)18-16-13/h4-5,7,17H,6,14H2,1-3H3. The Bertz CT molecular complexity index is 561. The summed E-state index contributed by atoms with van der Waals surface area (Å²) in [4.78, 5) is 4.18. The summed E-state index contributed by atoms with van der Waals surface area (Å²) in [5.41, 5.74) is 7.86. The summed E-state index contributed by atoms with van der Waals surface area (Å²) in [6.45, 7) is 6.14. The number of aromatic hydroxyl groups is 1. The molecule has 0 aliphatic rings. The molecule has 0 fully saturated rings. The molecule has 0 aliphatic heterocycles. The maximum atomic E-state index is 10.2. The van der Waals surface area contributed by atoms with Crippen LogP contribution in [0.15, 0.2) is 16.7 Å². The zero-order valence-corrected chi connectivity index (χ0v) is 10.8. The summed E-state index contributed by atoms with van der Waals surface area (Å²) in [6, 6.07) is 3.87. The number of benzene rings is 1. The van der Waals surface area contributed by atoms with Gasteiger partial charge in [0, 0.05) is 0 Å². The van der Waals surface area contributed by atoms with Gasteiger partial charge in [0.25, 0.3) is 0 Å². The van der Waals surface area contributed by atoms with E-state index in [0.717, 1.165) is 11.1 Å². The fourth-order valence-electron chi connectivity index (χ4n) is 1.87. The molecule has 0 unspecified atom stereocenters. The van der Waals surface area contributed by atoms with Crippen LogP contribution < -0.4 is 5.73 Å². The van der Waals surface area contributed by atoms with Gasteiger partial charge in [-0.1, -0.05) is 31.1 Å². The molecule has 96 valence electrons. The van der Waals surface area contributed by atoms with E-state index in [2.05, 4.69) is 24.0 Å². The SMILES string of the molecule is Cc1ccc(C(C)C)c(-c2noc(CN)n2)c1O. The Labute approximate surface area is 106 Å². The van der Waals surface area contributed by atoms with Gasteiger partial charge in [-0.3, -0.25) is 0 Å². The van der Waals surface area contributed by atoms with Crippen LogP contribution >= 0.6 is 0 Å². The molecule has 1 aromatic carbocycles. The molecular formula is C13H17N3O2. The Balaban J connectivity index is 2.63. The van der Waals surface area contributed by atoms with E-state index in [-0.39, 0.29) is 18.2 Å². The number of hydrogen-bond acceptors (Lipinski definition) is 5. The minimum atomic E-state index is 0.191. The van der Waals surface area contributed by atoms with Crippen LogP contribution in [-0.4, -0.2) is 15.2 Å². The van der Waals surface area contributed by atoms with Crippen molar-refractivity contribution in [3.05, 3.63) is 29.2 Å². The van der Waals surface area contributed by atoms with Gasteiger partial charge in [0.2, 0.25) is 11.7 Å². The lowest BCUT2D eigenvalue weighted by atomic mass is 9.94. The van der Waals surface area contributed by atoms with E-state index in [1.807, 2.05) is 19.1 Å². The average Bonchev–Trinajstić information content (AvgIpc) is 2.80. The van der Waals surface area contributed by atoms with Crippen LogP contribution in [0.3, 0.4) is 0 Å². The van der Waals surface area contributed by atoms with Crippen molar-refractivity contribution in [3.63, 3.8) is 0 Å². The van der Waals surface area contributed by atoms with E-state index in [4.69, 9.17) is 10.3 Å². The summed E-state index contributed by atoms with van der Waals surface area (Å²) in [5.74, 6) is 1.21. The van der Waals surface area contributed by atoms with Gasteiger partial charge in [0.15, 0.2) is 0 Å². The van der Waals surface area contributed by atoms with Crippen LogP contribution in [0.25, 0.3) is 11.4 Å². The Hall–Kier alpha value is -1.88. The second-order valence-corrected chi connectivity index (χ2v) is 4.57. The summed E-state index contributed by atoms with van der Waals surface area (Å²) in [7, 11) is 0. The molecule has 0 radical (unpaired) electrons. The maximum Gasteiger partial charge on any atom is 0.240 e. The van der Waals surface area contributed by atoms with E-state index >= 15 is 0 Å². The second-order valence-electron chi connectivity index (χ2n) is 4.57. The molecule has 0 spiro atoms. The molecule has 1 aromatic heterocycles. The lowest BCUT2D eigenvalue weighted by Gasteiger charge is -2.13. The summed E-state index contributed by atoms with van der Waals surface area (Å²) in [5, 5.41) is 14.1. The van der Waals surface area contributed by atoms with Crippen LogP contribution in [0.4, 0.5) is 0 Å². The molecular weight excluding hydrogens is 230 g/mol. The van der Waals surface area contributed by atoms with Gasteiger partial charge in [-0.05, 0) is 24.0 Å². The van der Waals surface area contributed by atoms with Gasteiger partial charge in [0.05, 0.1) is 12.1 Å². The first-order valence-electron chi connectivity index (χ1n) is 5.90. The molecule has 0 saturated carbocycles. The van der Waals surface area contributed by atoms with E-state index in [1.165, 1.54) is 0 Å². The predicted molar refractivity (Wildman–Crippen MR) is 68.1 cm³/mol. The fraction of sp³-hybridized carbons (Fsp3) is 0.385. The molecule has 3 N–H and O–H groups in total. The van der Waals surface area contributed by atoms with E-state index < -0.39 is 0 Å². The van der Waals surface area contributed by atoms with E-state index in [9.17, 15) is 5.11 Å². The lowest BCUT2D eigenvalue weighted by Crippen LogP contribution is -1.98. The van der Waals surface area contributed by atoms with Crippen molar-refractivity contribution in [1.82, 2.24) is 10.1 Å². The number of hydrogen-bond donors (Lipinski definition) is 2. The highest BCUT2D eigenvalue weighted by Crippen LogP contribution is 2.37. The zero-order valence-electron chi connectivity index (χ0n) is 10.8. The summed E-state index contributed by atoms with van der Waals surface area (Å²) in [6.07, 6.45) is 0. The van der Waals surface area contributed by atoms with Crippen molar-refractivity contribution in [3.8, 4) is 17.1 Å². The molecule has 0 bridgehead atoms. The molecule has 0 saturated heterocycles. The highest BCUT2D eigenvalue weighted by Gasteiger charge is 2.19. The number of phenolic OH excluding ortho intramolecular Hbond substituents is 1. The van der Waals surface area contributed by atoms with Crippen molar-refractivity contribution in [2.75, 3.05) is 0 Å². The number of aromatic nitrogens is 2. The van der Waals surface area contributed by atoms with Gasteiger partial charge >= 0.3 is 0 Å². The number of aryl methyl sites for hydroxylation is 1. The van der Waals surface area contributed by atoms with Gasteiger partial charge in [-0.25, -0.2) is 0 Å². The van der Waals surface area contributed by atoms with Gasteiger partial charge in [0.1, 0.15) is 5.75 Å². The summed E-state index contributed by atoms with van der Waals surface area (Å²) < 4.78 is 5.00. The lowest BCUT2D eigenvalue weighted by molar-refractivity contribution is 0.380. The maximum absolute atomic E-state index is 10.2. The third-order valence-electron chi connectivity index (χ3n) is 2.90. The van der Waals surface area contributed by atoms with Crippen molar-refractivity contribution >= 4 is 0 Å². The van der Waals surface area contributed by atoms with Crippen molar-refractivity contribution in [2.45, 2.75) is 33.2 Å². The van der Waals surface area contributed by atoms with Crippen LogP contribution in [0.2, 0.25) is 0 Å². The predicted octanol–water partition coefficient (Wildman–Crippen LogP) is 2.33. The average molecular weight is 247 g/mol. The zero-order chi connectivity index (χ0) is 13.3. The Morgan fingerprint density at radius 3 is 2.67 bits per heavy atom. The van der Waals surface area contributed by atoms with Gasteiger partial charge in [-0.2, -0.15) is 4.98 Å². The molecule has 2 rings (SSSR count). The van der Waals surface area contributed by atoms with Crippen LogP contribution in [0.5, 0.6) is 5.75 Å². The van der Waals surface area contributed by atoms with Crippen LogP contribution in [0.1, 0.15) is 36.8 Å². The number of phenols is 1. The molecule has 0 amide bonds. The first kappa shape index (κ1) is 12.6. The van der Waals surface area contributed by atoms with E-state index in [1.54, 1.807) is 0 Å². The number of nitrogens with two attached hydrogens (primary N) is 1. The molecule has 1 heterocycles. The third-order valence-corrected chi connectivity index (χ3v) is 2.90. The van der Waals surface area contributed by atoms with Gasteiger partial charge in [-0.15, -0.1) is 0 Å². The Kier molecular flexibility index (Phi) is 3.34. The smallest absolute Gasteiger partial charge is 0.240 e. The molecule has 2 aromatic rings. The normalized spacial score (nSPS) is 11.2.